The topological polar surface area (TPSA) is 397 Å². The zero-order chi connectivity index (χ0) is 47.8. The zero-order valence-electron chi connectivity index (χ0n) is 34.5. The van der Waals surface area contributed by atoms with Crippen molar-refractivity contribution in [3.63, 3.8) is 0 Å². The van der Waals surface area contributed by atoms with Gasteiger partial charge in [-0.3, -0.25) is 13.7 Å². The highest BCUT2D eigenvalue weighted by Gasteiger charge is 2.21. The smallest absolute Gasteiger partial charge is 0.295 e. The van der Waals surface area contributed by atoms with Crippen LogP contribution in [0.5, 0.6) is 0 Å². The summed E-state index contributed by atoms with van der Waals surface area (Å²) in [6, 6.07) is 7.35. The van der Waals surface area contributed by atoms with Crippen LogP contribution in [0.4, 0.5) is 41.1 Å². The van der Waals surface area contributed by atoms with Crippen LogP contribution in [-0.4, -0.2) is 166 Å². The highest BCUT2D eigenvalue weighted by Crippen LogP contribution is 2.29. The highest BCUT2D eigenvalue weighted by molar-refractivity contribution is 7.86. The van der Waals surface area contributed by atoms with E-state index in [9.17, 15) is 43.1 Å². The van der Waals surface area contributed by atoms with Gasteiger partial charge in [0, 0.05) is 44.0 Å². The highest BCUT2D eigenvalue weighted by atomic mass is 32.2. The third kappa shape index (κ3) is 17.6. The predicted molar refractivity (Wildman–Crippen MR) is 235 cm³/mol. The Hall–Kier alpha value is -5.16. The third-order valence-electron chi connectivity index (χ3n) is 8.28. The van der Waals surface area contributed by atoms with Crippen LogP contribution in [0.3, 0.4) is 0 Å². The minimum Gasteiger partial charge on any atom is -0.394 e. The maximum atomic E-state index is 12.6. The molecule has 2 aromatic carbocycles. The number of nitrogens with zero attached hydrogens (tertiary/aromatic N) is 7. The molecule has 0 fully saturated rings. The number of aliphatic hydroxyl groups is 2. The van der Waals surface area contributed by atoms with Crippen LogP contribution in [0.1, 0.15) is 29.8 Å². The summed E-state index contributed by atoms with van der Waals surface area (Å²) in [5.41, 5.74) is -0.180. The van der Waals surface area contributed by atoms with Crippen molar-refractivity contribution in [2.75, 3.05) is 104 Å². The monoisotopic (exact) mass is 993 g/mol. The minimum atomic E-state index is -4.97. The lowest BCUT2D eigenvalue weighted by Crippen LogP contribution is -2.27. The van der Waals surface area contributed by atoms with Gasteiger partial charge in [-0.25, -0.2) is 9.47 Å². The van der Waals surface area contributed by atoms with Gasteiger partial charge in [0.2, 0.25) is 29.7 Å². The van der Waals surface area contributed by atoms with E-state index in [1.165, 1.54) is 42.3 Å². The van der Waals surface area contributed by atoms with Gasteiger partial charge in [-0.1, -0.05) is 31.2 Å². The van der Waals surface area contributed by atoms with Crippen LogP contribution in [0.25, 0.3) is 12.2 Å². The van der Waals surface area contributed by atoms with E-state index in [-0.39, 0.29) is 123 Å². The van der Waals surface area contributed by atoms with E-state index in [0.29, 0.717) is 0 Å². The van der Waals surface area contributed by atoms with Gasteiger partial charge in [0.15, 0.2) is 11.1 Å². The van der Waals surface area contributed by atoms with E-state index in [1.807, 2.05) is 0 Å². The molecule has 0 bridgehead atoms. The number of ether oxygens (including phenoxy) is 2. The molecule has 0 aliphatic heterocycles. The maximum absolute atomic E-state index is 12.6. The minimum absolute atomic E-state index is 0.0241. The molecular weight excluding hydrogens is 947 g/mol. The summed E-state index contributed by atoms with van der Waals surface area (Å²) >= 11 is -2.09. The zero-order valence-corrected chi connectivity index (χ0v) is 37.8. The van der Waals surface area contributed by atoms with Crippen LogP contribution in [-0.2, 0) is 55.2 Å². The number of aliphatic hydroxyl groups excluding tert-OH is 2. The van der Waals surface area contributed by atoms with Gasteiger partial charge >= 0.3 is 0 Å². The van der Waals surface area contributed by atoms with Crippen molar-refractivity contribution in [3.05, 3.63) is 53.3 Å². The van der Waals surface area contributed by atoms with Gasteiger partial charge in [0.25, 0.3) is 30.4 Å². The Morgan fingerprint density at radius 2 is 1.17 bits per heavy atom. The van der Waals surface area contributed by atoms with Gasteiger partial charge in [-0.05, 0) is 35.4 Å². The fourth-order valence-electron chi connectivity index (χ4n) is 5.27. The summed E-state index contributed by atoms with van der Waals surface area (Å²) in [7, 11) is -12.8. The average molecular weight is 994 g/mol. The molecule has 2 aromatic heterocycles. The first-order chi connectivity index (χ1) is 30.7. The van der Waals surface area contributed by atoms with Gasteiger partial charge in [-0.2, -0.15) is 55.2 Å². The van der Waals surface area contributed by atoms with E-state index < -0.39 is 62.9 Å². The van der Waals surface area contributed by atoms with Gasteiger partial charge in [-0.15, -0.1) is 4.33 Å². The molecule has 4 aromatic rings. The van der Waals surface area contributed by atoms with Crippen LogP contribution >= 0.6 is 0 Å². The van der Waals surface area contributed by atoms with Crippen molar-refractivity contribution in [2.24, 2.45) is 0 Å². The Bertz CT molecular complexity index is 2630. The molecular formula is C34H47N11O16S4. The van der Waals surface area contributed by atoms with Crippen LogP contribution in [0.15, 0.2) is 46.2 Å². The van der Waals surface area contributed by atoms with Gasteiger partial charge in [0.1, 0.15) is 15.6 Å². The Balaban J connectivity index is 1.64. The first kappa shape index (κ1) is 52.5. The number of rotatable bonds is 28. The molecule has 2 unspecified atom stereocenters. The Morgan fingerprint density at radius 3 is 1.63 bits per heavy atom. The molecule has 0 aliphatic carbocycles. The van der Waals surface area contributed by atoms with Crippen molar-refractivity contribution >= 4 is 94.7 Å². The van der Waals surface area contributed by atoms with E-state index in [4.69, 9.17) is 24.9 Å². The third-order valence-corrected chi connectivity index (χ3v) is 11.7. The lowest BCUT2D eigenvalue weighted by molar-refractivity contribution is -0.124. The molecule has 0 radical (unpaired) electrons. The first-order valence-electron chi connectivity index (χ1n) is 18.9. The second kappa shape index (κ2) is 24.4. The molecule has 65 heavy (non-hydrogen) atoms. The number of nitrogens with one attached hydrogen (secondary N) is 4. The van der Waals surface area contributed by atoms with Crippen molar-refractivity contribution in [3.8, 4) is 0 Å². The summed E-state index contributed by atoms with van der Waals surface area (Å²) in [5, 5.41) is 38.0. The van der Waals surface area contributed by atoms with Crippen LogP contribution in [0, 0.1) is 0 Å². The largest absolute Gasteiger partial charge is 0.394 e. The Morgan fingerprint density at radius 1 is 0.708 bits per heavy atom. The second-order valence-electron chi connectivity index (χ2n) is 13.3. The molecule has 10 N–H and O–H groups in total. The normalized spacial score (nSPS) is 13.1. The summed E-state index contributed by atoms with van der Waals surface area (Å²) < 4.78 is 129. The van der Waals surface area contributed by atoms with Crippen LogP contribution < -0.4 is 26.2 Å². The molecule has 27 nitrogen and oxygen atoms in total. The Kier molecular flexibility index (Phi) is 19.7. The summed E-state index contributed by atoms with van der Waals surface area (Å²) in [6.07, 6.45) is 2.33. The number of hydrogen-bond acceptors (Lipinski definition) is 24. The number of benzene rings is 2. The molecule has 4 rings (SSSR count). The molecule has 358 valence electrons. The van der Waals surface area contributed by atoms with E-state index in [0.717, 1.165) is 18.2 Å². The van der Waals surface area contributed by atoms with Crippen molar-refractivity contribution in [1.29, 1.82) is 0 Å². The van der Waals surface area contributed by atoms with Crippen LogP contribution in [0.2, 0.25) is 0 Å². The van der Waals surface area contributed by atoms with E-state index >= 15 is 0 Å². The fraction of sp³-hybridized carbons (Fsp3) is 0.412. The summed E-state index contributed by atoms with van der Waals surface area (Å²) in [4.78, 5) is 25.6. The van der Waals surface area contributed by atoms with Gasteiger partial charge < -0.3 is 45.9 Å². The first-order valence-corrected chi connectivity index (χ1v) is 24.6. The standard InChI is InChI=1S/C34H47N11O16S4/c1-22(21-62(49)61-48)29-39-30(35-9-14-59-16-12-46)41-32(40-29)37-25-7-5-23(27(19-25)64(53,54)55)3-4-24-6-8-26(20-28(24)65(56,57)58)38-33-42-31(36-10-15-60-17-13-47)43-34(44-33)45(2)11-18-63(50,51)52/h3-8,19-20,22,46-48H,9-18,21H2,1-2H3,(H,50,51,52)(H,53,54,55)(H,56,57,58)(H2,35,37,39,40,41)(H2,36,38,42,43,44). The number of aromatic nitrogens is 6. The molecule has 0 saturated carbocycles. The van der Waals surface area contributed by atoms with Gasteiger partial charge in [0.05, 0.1) is 51.1 Å². The quantitative estimate of drug-likeness (QED) is 0.0123. The summed E-state index contributed by atoms with van der Waals surface area (Å²) in [6.45, 7) is 1.81. The molecule has 2 atom stereocenters. The second-order valence-corrected chi connectivity index (χ2v) is 18.8. The number of anilines is 7. The molecule has 2 heterocycles. The Labute approximate surface area is 375 Å². The SMILES string of the molecule is CC(CS(=O)OO)c1nc(NCCOCCO)nc(Nc2ccc(C=Cc3ccc(Nc4nc(NCCOCCO)nc(N(C)CCS(=O)(=O)O)n4)cc3S(=O)(=O)O)c(S(=O)(=O)O)c2)n1. The maximum Gasteiger partial charge on any atom is 0.295 e. The van der Waals surface area contributed by atoms with E-state index in [2.05, 4.69) is 55.5 Å². The lowest BCUT2D eigenvalue weighted by atomic mass is 10.1. The predicted octanol–water partition coefficient (Wildman–Crippen LogP) is 0.630. The summed E-state index contributed by atoms with van der Waals surface area (Å²) in [5.74, 6) is -1.79. The van der Waals surface area contributed by atoms with Crippen molar-refractivity contribution < 1.29 is 72.4 Å². The van der Waals surface area contributed by atoms with Crippen molar-refractivity contribution in [1.82, 2.24) is 29.9 Å². The number of hydrogen-bond donors (Lipinski definition) is 10. The molecule has 0 aliphatic rings. The van der Waals surface area contributed by atoms with Crippen molar-refractivity contribution in [2.45, 2.75) is 22.6 Å². The molecule has 0 saturated heterocycles. The molecule has 0 spiro atoms. The average Bonchev–Trinajstić information content (AvgIpc) is 3.24. The molecule has 31 heteroatoms. The fourth-order valence-corrected chi connectivity index (χ4v) is 7.81. The van der Waals surface area contributed by atoms with E-state index in [1.54, 1.807) is 6.92 Å². The molecule has 0 amide bonds. The lowest BCUT2D eigenvalue weighted by Gasteiger charge is -2.18.